The standard InChI is InChI=1S/C23H28N4O3S/c1-14-18-13-21(31-23(18)27(26-14)17-8-6-4-5-7-9-17)22(29)25-16-10-11-19(24-15(2)28)20(12-16)30-3/h10-13,17H,4-9H2,1-3H3,(H,24,28)(H,25,29). The number of carbonyl (C=O) groups excluding carboxylic acids is 2. The molecule has 1 saturated carbocycles. The maximum Gasteiger partial charge on any atom is 0.265 e. The summed E-state index contributed by atoms with van der Waals surface area (Å²) in [6, 6.07) is 7.52. The van der Waals surface area contributed by atoms with Crippen LogP contribution in [0.2, 0.25) is 0 Å². The van der Waals surface area contributed by atoms with E-state index >= 15 is 0 Å². The highest BCUT2D eigenvalue weighted by atomic mass is 32.1. The Hall–Kier alpha value is -2.87. The first kappa shape index (κ1) is 21.4. The van der Waals surface area contributed by atoms with E-state index in [4.69, 9.17) is 9.84 Å². The van der Waals surface area contributed by atoms with E-state index in [-0.39, 0.29) is 11.8 Å². The van der Waals surface area contributed by atoms with Crippen LogP contribution in [0.5, 0.6) is 5.75 Å². The van der Waals surface area contributed by atoms with Crippen molar-refractivity contribution in [3.63, 3.8) is 0 Å². The number of aromatic nitrogens is 2. The van der Waals surface area contributed by atoms with E-state index in [2.05, 4.69) is 15.3 Å². The van der Waals surface area contributed by atoms with Crippen molar-refractivity contribution in [1.82, 2.24) is 9.78 Å². The van der Waals surface area contributed by atoms with Gasteiger partial charge in [0.25, 0.3) is 5.91 Å². The predicted octanol–water partition coefficient (Wildman–Crippen LogP) is 5.52. The summed E-state index contributed by atoms with van der Waals surface area (Å²) in [5.74, 6) is 0.144. The van der Waals surface area contributed by atoms with Crippen molar-refractivity contribution >= 4 is 44.7 Å². The molecule has 2 heterocycles. The van der Waals surface area contributed by atoms with Gasteiger partial charge in [0.2, 0.25) is 5.91 Å². The second-order valence-corrected chi connectivity index (χ2v) is 9.09. The van der Waals surface area contributed by atoms with Crippen LogP contribution in [-0.2, 0) is 4.79 Å². The van der Waals surface area contributed by atoms with E-state index < -0.39 is 0 Å². The Morgan fingerprint density at radius 3 is 2.55 bits per heavy atom. The quantitative estimate of drug-likeness (QED) is 0.512. The number of nitrogens with one attached hydrogen (secondary N) is 2. The van der Waals surface area contributed by atoms with Gasteiger partial charge >= 0.3 is 0 Å². The van der Waals surface area contributed by atoms with Crippen molar-refractivity contribution in [2.24, 2.45) is 0 Å². The van der Waals surface area contributed by atoms with Crippen LogP contribution in [0.1, 0.15) is 66.9 Å². The molecular weight excluding hydrogens is 412 g/mol. The Morgan fingerprint density at radius 2 is 1.87 bits per heavy atom. The van der Waals surface area contributed by atoms with Crippen molar-refractivity contribution in [3.8, 4) is 5.75 Å². The van der Waals surface area contributed by atoms with Crippen molar-refractivity contribution in [3.05, 3.63) is 34.8 Å². The summed E-state index contributed by atoms with van der Waals surface area (Å²) in [7, 11) is 1.53. The van der Waals surface area contributed by atoms with E-state index in [1.165, 1.54) is 51.1 Å². The van der Waals surface area contributed by atoms with E-state index in [0.29, 0.717) is 28.0 Å². The van der Waals surface area contributed by atoms with Gasteiger partial charge in [-0.25, -0.2) is 0 Å². The number of hydrogen-bond donors (Lipinski definition) is 2. The van der Waals surface area contributed by atoms with Crippen LogP contribution in [0.15, 0.2) is 24.3 Å². The maximum atomic E-state index is 13.0. The molecule has 0 spiro atoms. The van der Waals surface area contributed by atoms with Crippen LogP contribution >= 0.6 is 11.3 Å². The highest BCUT2D eigenvalue weighted by molar-refractivity contribution is 7.20. The molecule has 8 heteroatoms. The molecule has 1 fully saturated rings. The van der Waals surface area contributed by atoms with Gasteiger partial charge in [0.1, 0.15) is 10.6 Å². The van der Waals surface area contributed by atoms with Gasteiger partial charge in [0.05, 0.1) is 29.4 Å². The number of carbonyl (C=O) groups is 2. The van der Waals surface area contributed by atoms with Gasteiger partial charge in [-0.3, -0.25) is 14.3 Å². The average molecular weight is 441 g/mol. The zero-order chi connectivity index (χ0) is 22.0. The highest BCUT2D eigenvalue weighted by Crippen LogP contribution is 2.35. The van der Waals surface area contributed by atoms with Gasteiger partial charge in [0.15, 0.2) is 0 Å². The molecule has 0 atom stereocenters. The first-order valence-corrected chi connectivity index (χ1v) is 11.5. The fourth-order valence-electron chi connectivity index (χ4n) is 4.19. The number of benzene rings is 1. The lowest BCUT2D eigenvalue weighted by atomic mass is 10.1. The number of ether oxygens (including phenoxy) is 1. The summed E-state index contributed by atoms with van der Waals surface area (Å²) in [4.78, 5) is 26.0. The number of hydrogen-bond acceptors (Lipinski definition) is 5. The second-order valence-electron chi connectivity index (χ2n) is 8.06. The number of thiophene rings is 1. The monoisotopic (exact) mass is 440 g/mol. The first-order chi connectivity index (χ1) is 15.0. The molecule has 0 unspecified atom stereocenters. The van der Waals surface area contributed by atoms with E-state index in [1.807, 2.05) is 13.0 Å². The topological polar surface area (TPSA) is 85.2 Å². The van der Waals surface area contributed by atoms with Gasteiger partial charge in [-0.05, 0) is 38.0 Å². The Balaban J connectivity index is 1.57. The molecule has 7 nitrogen and oxygen atoms in total. The summed E-state index contributed by atoms with van der Waals surface area (Å²) in [5.41, 5.74) is 2.14. The molecule has 31 heavy (non-hydrogen) atoms. The van der Waals surface area contributed by atoms with Gasteiger partial charge in [-0.15, -0.1) is 11.3 Å². The Kier molecular flexibility index (Phi) is 6.27. The van der Waals surface area contributed by atoms with Crippen molar-refractivity contribution in [2.75, 3.05) is 17.7 Å². The molecule has 0 bridgehead atoms. The normalized spacial score (nSPS) is 14.9. The van der Waals surface area contributed by atoms with Crippen molar-refractivity contribution in [2.45, 2.75) is 58.4 Å². The number of fused-ring (bicyclic) bond motifs is 1. The lowest BCUT2D eigenvalue weighted by Crippen LogP contribution is -2.12. The number of methoxy groups -OCH3 is 1. The highest BCUT2D eigenvalue weighted by Gasteiger charge is 2.22. The summed E-state index contributed by atoms with van der Waals surface area (Å²) in [5, 5.41) is 11.5. The zero-order valence-electron chi connectivity index (χ0n) is 18.2. The third kappa shape index (κ3) is 4.58. The molecule has 164 valence electrons. The van der Waals surface area contributed by atoms with Crippen LogP contribution in [0.25, 0.3) is 10.2 Å². The van der Waals surface area contributed by atoms with Crippen LogP contribution in [-0.4, -0.2) is 28.7 Å². The lowest BCUT2D eigenvalue weighted by Gasteiger charge is -2.15. The number of rotatable bonds is 5. The zero-order valence-corrected chi connectivity index (χ0v) is 19.0. The minimum absolute atomic E-state index is 0.164. The Bertz CT molecular complexity index is 1110. The van der Waals surface area contributed by atoms with E-state index in [0.717, 1.165) is 28.8 Å². The second kappa shape index (κ2) is 9.09. The van der Waals surface area contributed by atoms with Crippen LogP contribution in [0.3, 0.4) is 0 Å². The van der Waals surface area contributed by atoms with Gasteiger partial charge in [-0.1, -0.05) is 25.7 Å². The molecule has 3 aromatic rings. The number of anilines is 2. The molecule has 2 amide bonds. The molecule has 0 radical (unpaired) electrons. The Morgan fingerprint density at radius 1 is 1.13 bits per heavy atom. The number of nitrogens with zero attached hydrogens (tertiary/aromatic N) is 2. The summed E-state index contributed by atoms with van der Waals surface area (Å²) in [6.45, 7) is 3.45. The Labute approximate surface area is 185 Å². The third-order valence-corrected chi connectivity index (χ3v) is 6.86. The largest absolute Gasteiger partial charge is 0.494 e. The van der Waals surface area contributed by atoms with Gasteiger partial charge < -0.3 is 15.4 Å². The van der Waals surface area contributed by atoms with Crippen molar-refractivity contribution in [1.29, 1.82) is 0 Å². The molecule has 1 aromatic carbocycles. The fraction of sp³-hybridized carbons (Fsp3) is 0.435. The summed E-state index contributed by atoms with van der Waals surface area (Å²) >= 11 is 1.49. The molecule has 1 aliphatic rings. The predicted molar refractivity (Wildman–Crippen MR) is 124 cm³/mol. The molecule has 2 N–H and O–H groups in total. The van der Waals surface area contributed by atoms with Crippen LogP contribution < -0.4 is 15.4 Å². The minimum Gasteiger partial charge on any atom is -0.494 e. The molecule has 0 aliphatic heterocycles. The summed E-state index contributed by atoms with van der Waals surface area (Å²) in [6.07, 6.45) is 7.36. The van der Waals surface area contributed by atoms with Crippen molar-refractivity contribution < 1.29 is 14.3 Å². The third-order valence-electron chi connectivity index (χ3n) is 5.73. The lowest BCUT2D eigenvalue weighted by molar-refractivity contribution is -0.114. The number of aryl methyl sites for hydroxylation is 1. The van der Waals surface area contributed by atoms with Gasteiger partial charge in [0, 0.05) is 24.1 Å². The maximum absolute atomic E-state index is 13.0. The molecular formula is C23H28N4O3S. The van der Waals surface area contributed by atoms with Gasteiger partial charge in [-0.2, -0.15) is 5.10 Å². The SMILES string of the molecule is COc1cc(NC(=O)c2cc3c(C)nn(C4CCCCCC4)c3s2)ccc1NC(C)=O. The fourth-order valence-corrected chi connectivity index (χ4v) is 5.32. The summed E-state index contributed by atoms with van der Waals surface area (Å²) < 4.78 is 7.50. The van der Waals surface area contributed by atoms with Crippen LogP contribution in [0.4, 0.5) is 11.4 Å². The first-order valence-electron chi connectivity index (χ1n) is 10.7. The van der Waals surface area contributed by atoms with E-state index in [1.54, 1.807) is 18.2 Å². The van der Waals surface area contributed by atoms with E-state index in [9.17, 15) is 9.59 Å². The minimum atomic E-state index is -0.182. The molecule has 4 rings (SSSR count). The molecule has 0 saturated heterocycles. The number of amides is 2. The smallest absolute Gasteiger partial charge is 0.265 e. The van der Waals surface area contributed by atoms with Crippen LogP contribution in [0, 0.1) is 6.92 Å². The molecule has 2 aromatic heterocycles. The molecule has 1 aliphatic carbocycles. The average Bonchev–Trinajstić information content (AvgIpc) is 3.18.